The van der Waals surface area contributed by atoms with Crippen molar-refractivity contribution in [2.24, 2.45) is 17.8 Å². The zero-order valence-electron chi connectivity index (χ0n) is 19.2. The van der Waals surface area contributed by atoms with Gasteiger partial charge in [-0.25, -0.2) is 0 Å². The standard InChI is InChI=1S/C24H32ClN3O4S/c1-4-10-26-21(30)18-17-11-13(3)24(33-17)19(18)23(32)28(14(5-2)12-29)20(24)22(31)27-16-9-7-6-8-15(16)25/h6-9,13-14,17-20,29H,4-5,10-12H2,1-3H3,(H,26,30)(H,27,31)/t13?,14-,17-,18+,19-,20?,24?/m0/s1. The van der Waals surface area contributed by atoms with E-state index in [-0.39, 0.29) is 35.5 Å². The maximum atomic E-state index is 13.9. The first-order chi connectivity index (χ1) is 15.8. The summed E-state index contributed by atoms with van der Waals surface area (Å²) in [5.74, 6) is -1.61. The summed E-state index contributed by atoms with van der Waals surface area (Å²) in [5.41, 5.74) is 0.482. The zero-order valence-corrected chi connectivity index (χ0v) is 20.8. The van der Waals surface area contributed by atoms with E-state index in [1.165, 1.54) is 0 Å². The molecular formula is C24H32ClN3O4S. The number of aliphatic hydroxyl groups excluding tert-OH is 1. The highest BCUT2D eigenvalue weighted by Crippen LogP contribution is 2.68. The van der Waals surface area contributed by atoms with Crippen LogP contribution in [0, 0.1) is 17.8 Å². The number of likely N-dealkylation sites (tertiary alicyclic amines) is 1. The van der Waals surface area contributed by atoms with Crippen LogP contribution in [-0.4, -0.2) is 63.0 Å². The van der Waals surface area contributed by atoms with Crippen molar-refractivity contribution in [3.8, 4) is 0 Å². The molecule has 0 aliphatic carbocycles. The first-order valence-electron chi connectivity index (χ1n) is 11.8. The molecule has 3 heterocycles. The van der Waals surface area contributed by atoms with Crippen LogP contribution in [0.4, 0.5) is 5.69 Å². The Kier molecular flexibility index (Phi) is 6.99. The van der Waals surface area contributed by atoms with Gasteiger partial charge in [0.25, 0.3) is 0 Å². The van der Waals surface area contributed by atoms with E-state index in [0.29, 0.717) is 23.7 Å². The number of anilines is 1. The van der Waals surface area contributed by atoms with Gasteiger partial charge in [0.15, 0.2) is 0 Å². The van der Waals surface area contributed by atoms with Gasteiger partial charge in [-0.05, 0) is 37.3 Å². The van der Waals surface area contributed by atoms with Gasteiger partial charge in [0.1, 0.15) is 6.04 Å². The maximum Gasteiger partial charge on any atom is 0.248 e. The third kappa shape index (κ3) is 3.74. The van der Waals surface area contributed by atoms with Crippen LogP contribution in [-0.2, 0) is 14.4 Å². The smallest absolute Gasteiger partial charge is 0.248 e. The number of amides is 3. The van der Waals surface area contributed by atoms with Crippen LogP contribution in [0.5, 0.6) is 0 Å². The van der Waals surface area contributed by atoms with Gasteiger partial charge < -0.3 is 20.6 Å². The Hall–Kier alpha value is -1.77. The summed E-state index contributed by atoms with van der Waals surface area (Å²) in [7, 11) is 0. The van der Waals surface area contributed by atoms with Crippen LogP contribution in [0.15, 0.2) is 24.3 Å². The molecule has 3 aliphatic rings. The number of hydrogen-bond acceptors (Lipinski definition) is 5. The molecule has 1 spiro atoms. The van der Waals surface area contributed by atoms with Crippen molar-refractivity contribution >= 4 is 46.8 Å². The van der Waals surface area contributed by atoms with Gasteiger partial charge in [-0.3, -0.25) is 14.4 Å². The number of thioether (sulfide) groups is 1. The number of nitrogens with zero attached hydrogens (tertiary/aromatic N) is 1. The number of aliphatic hydroxyl groups is 1. The fraction of sp³-hybridized carbons (Fsp3) is 0.625. The Morgan fingerprint density at radius 2 is 2.03 bits per heavy atom. The third-order valence-electron chi connectivity index (χ3n) is 7.49. The van der Waals surface area contributed by atoms with E-state index >= 15 is 0 Å². The SMILES string of the molecule is CCCNC(=O)[C@@H]1[C@@H]2CC(C)C3(S2)C(C(=O)Nc2ccccc2Cl)N([C@@H](CC)CO)C(=O)[C@H]13. The minimum absolute atomic E-state index is 0.00206. The predicted molar refractivity (Wildman–Crippen MR) is 130 cm³/mol. The lowest BCUT2D eigenvalue weighted by Gasteiger charge is -2.40. The molecule has 0 aromatic heterocycles. The molecule has 9 heteroatoms. The van der Waals surface area contributed by atoms with Crippen molar-refractivity contribution in [1.29, 1.82) is 0 Å². The van der Waals surface area contributed by atoms with Crippen molar-refractivity contribution in [3.63, 3.8) is 0 Å². The van der Waals surface area contributed by atoms with Gasteiger partial charge in [0.2, 0.25) is 17.7 Å². The first kappa shape index (κ1) is 24.4. The highest BCUT2D eigenvalue weighted by atomic mass is 35.5. The Labute approximate surface area is 204 Å². The summed E-state index contributed by atoms with van der Waals surface area (Å²) < 4.78 is -0.718. The molecule has 0 saturated carbocycles. The summed E-state index contributed by atoms with van der Waals surface area (Å²) in [4.78, 5) is 42.5. The minimum Gasteiger partial charge on any atom is -0.394 e. The van der Waals surface area contributed by atoms with E-state index in [0.717, 1.165) is 12.8 Å². The van der Waals surface area contributed by atoms with Crippen LogP contribution in [0.25, 0.3) is 0 Å². The van der Waals surface area contributed by atoms with Crippen LogP contribution < -0.4 is 10.6 Å². The highest BCUT2D eigenvalue weighted by molar-refractivity contribution is 8.02. The topological polar surface area (TPSA) is 98.7 Å². The van der Waals surface area contributed by atoms with Gasteiger partial charge in [0, 0.05) is 11.8 Å². The van der Waals surface area contributed by atoms with E-state index in [1.54, 1.807) is 40.9 Å². The van der Waals surface area contributed by atoms with Gasteiger partial charge in [-0.15, -0.1) is 11.8 Å². The number of nitrogens with one attached hydrogen (secondary N) is 2. The Bertz CT molecular complexity index is 942. The van der Waals surface area contributed by atoms with E-state index in [2.05, 4.69) is 17.6 Å². The molecule has 7 nitrogen and oxygen atoms in total. The summed E-state index contributed by atoms with van der Waals surface area (Å²) >= 11 is 7.92. The average molecular weight is 494 g/mol. The summed E-state index contributed by atoms with van der Waals surface area (Å²) in [5, 5.41) is 16.4. The van der Waals surface area contributed by atoms with Crippen molar-refractivity contribution < 1.29 is 19.5 Å². The number of benzene rings is 1. The molecule has 3 N–H and O–H groups in total. The van der Waals surface area contributed by atoms with Gasteiger partial charge in [0.05, 0.1) is 39.9 Å². The fourth-order valence-corrected chi connectivity index (χ4v) is 8.59. The van der Waals surface area contributed by atoms with Crippen molar-refractivity contribution in [2.45, 2.75) is 62.1 Å². The lowest BCUT2D eigenvalue weighted by Crippen LogP contribution is -2.57. The Morgan fingerprint density at radius 1 is 1.30 bits per heavy atom. The molecule has 7 atom stereocenters. The van der Waals surface area contributed by atoms with Gasteiger partial charge >= 0.3 is 0 Å². The lowest BCUT2D eigenvalue weighted by atomic mass is 9.66. The molecule has 3 aliphatic heterocycles. The average Bonchev–Trinajstić information content (AvgIpc) is 3.39. The molecule has 3 saturated heterocycles. The predicted octanol–water partition coefficient (Wildman–Crippen LogP) is 2.91. The second-order valence-corrected chi connectivity index (χ2v) is 11.3. The molecule has 180 valence electrons. The molecule has 3 amide bonds. The van der Waals surface area contributed by atoms with Crippen molar-refractivity contribution in [1.82, 2.24) is 10.2 Å². The highest BCUT2D eigenvalue weighted by Gasteiger charge is 2.76. The van der Waals surface area contributed by atoms with E-state index in [1.807, 2.05) is 13.8 Å². The van der Waals surface area contributed by atoms with Crippen LogP contribution in [0.2, 0.25) is 5.02 Å². The maximum absolute atomic E-state index is 13.9. The molecule has 3 fully saturated rings. The normalized spacial score (nSPS) is 33.2. The number of para-hydroxylation sites is 1. The summed E-state index contributed by atoms with van der Waals surface area (Å²) in [6, 6.07) is 5.71. The summed E-state index contributed by atoms with van der Waals surface area (Å²) in [6.07, 6.45) is 2.10. The molecule has 4 rings (SSSR count). The van der Waals surface area contributed by atoms with E-state index in [4.69, 9.17) is 11.6 Å². The number of fused-ring (bicyclic) bond motifs is 1. The van der Waals surface area contributed by atoms with E-state index < -0.39 is 28.7 Å². The van der Waals surface area contributed by atoms with Crippen LogP contribution in [0.1, 0.15) is 40.0 Å². The number of halogens is 1. The molecule has 3 unspecified atom stereocenters. The van der Waals surface area contributed by atoms with Gasteiger partial charge in [-0.1, -0.05) is 44.5 Å². The second kappa shape index (κ2) is 9.47. The van der Waals surface area contributed by atoms with Crippen LogP contribution in [0.3, 0.4) is 0 Å². The first-order valence-corrected chi connectivity index (χ1v) is 13.0. The van der Waals surface area contributed by atoms with Crippen molar-refractivity contribution in [2.75, 3.05) is 18.5 Å². The minimum atomic E-state index is -0.794. The second-order valence-electron chi connectivity index (χ2n) is 9.30. The van der Waals surface area contributed by atoms with Crippen molar-refractivity contribution in [3.05, 3.63) is 29.3 Å². The lowest BCUT2D eigenvalue weighted by molar-refractivity contribution is -0.142. The number of hydrogen-bond donors (Lipinski definition) is 3. The Balaban J connectivity index is 1.76. The fourth-order valence-electron chi connectivity index (χ4n) is 6.00. The Morgan fingerprint density at radius 3 is 2.67 bits per heavy atom. The zero-order chi connectivity index (χ0) is 23.9. The molecule has 33 heavy (non-hydrogen) atoms. The quantitative estimate of drug-likeness (QED) is 0.517. The molecule has 2 bridgehead atoms. The monoisotopic (exact) mass is 493 g/mol. The number of carbonyl (C=O) groups is 3. The molecular weight excluding hydrogens is 462 g/mol. The molecule has 1 aromatic carbocycles. The number of rotatable bonds is 8. The van der Waals surface area contributed by atoms with Gasteiger partial charge in [-0.2, -0.15) is 0 Å². The third-order valence-corrected chi connectivity index (χ3v) is 9.90. The van der Waals surface area contributed by atoms with Crippen LogP contribution >= 0.6 is 23.4 Å². The molecule has 0 radical (unpaired) electrons. The molecule has 1 aromatic rings. The summed E-state index contributed by atoms with van der Waals surface area (Å²) in [6.45, 7) is 6.28. The van der Waals surface area contributed by atoms with E-state index in [9.17, 15) is 19.5 Å². The number of carbonyl (C=O) groups excluding carboxylic acids is 3. The largest absolute Gasteiger partial charge is 0.394 e.